The van der Waals surface area contributed by atoms with E-state index in [0.29, 0.717) is 6.42 Å². The average Bonchev–Trinajstić information content (AvgIpc) is 2.81. The number of ether oxygens (including phenoxy) is 1. The lowest BCUT2D eigenvalue weighted by Crippen LogP contribution is -2.34. The summed E-state index contributed by atoms with van der Waals surface area (Å²) in [5.41, 5.74) is 1.18. The van der Waals surface area contributed by atoms with E-state index < -0.39 is 0 Å². The molecule has 1 aliphatic rings. The highest BCUT2D eigenvalue weighted by atomic mass is 16.5. The molecule has 1 aromatic carbocycles. The van der Waals surface area contributed by atoms with E-state index >= 15 is 0 Å². The van der Waals surface area contributed by atoms with Gasteiger partial charge in [0.1, 0.15) is 5.75 Å². The fraction of sp³-hybridized carbons (Fsp3) is 0.500. The van der Waals surface area contributed by atoms with Gasteiger partial charge in [0.15, 0.2) is 0 Å². The number of hydrogen-bond acceptors (Lipinski definition) is 3. The van der Waals surface area contributed by atoms with Gasteiger partial charge in [0.25, 0.3) is 0 Å². The molecule has 0 saturated carbocycles. The highest BCUT2D eigenvalue weighted by Gasteiger charge is 2.23. The zero-order valence-electron chi connectivity index (χ0n) is 11.0. The van der Waals surface area contributed by atoms with Crippen molar-refractivity contribution in [2.75, 3.05) is 27.2 Å². The molecule has 1 heterocycles. The van der Waals surface area contributed by atoms with E-state index in [0.717, 1.165) is 25.3 Å². The average molecular weight is 248 g/mol. The molecule has 0 radical (unpaired) electrons. The molecule has 18 heavy (non-hydrogen) atoms. The molecule has 1 amide bonds. The number of benzene rings is 1. The van der Waals surface area contributed by atoms with Crippen molar-refractivity contribution in [2.45, 2.75) is 18.9 Å². The highest BCUT2D eigenvalue weighted by Crippen LogP contribution is 2.20. The van der Waals surface area contributed by atoms with Gasteiger partial charge in [0.05, 0.1) is 7.11 Å². The molecule has 4 nitrogen and oxygen atoms in total. The first kappa shape index (κ1) is 12.9. The van der Waals surface area contributed by atoms with Crippen molar-refractivity contribution in [1.82, 2.24) is 10.2 Å². The Morgan fingerprint density at radius 3 is 2.61 bits per heavy atom. The zero-order chi connectivity index (χ0) is 13.0. The molecule has 1 fully saturated rings. The largest absolute Gasteiger partial charge is 0.497 e. The minimum atomic E-state index is 0.179. The Bertz CT molecular complexity index is 403. The maximum Gasteiger partial charge on any atom is 0.222 e. The van der Waals surface area contributed by atoms with Crippen molar-refractivity contribution in [3.8, 4) is 5.75 Å². The number of hydrogen-bond donors (Lipinski definition) is 1. The van der Waals surface area contributed by atoms with Gasteiger partial charge in [-0.2, -0.15) is 0 Å². The molecule has 4 heteroatoms. The van der Waals surface area contributed by atoms with Crippen LogP contribution in [0.4, 0.5) is 0 Å². The van der Waals surface area contributed by atoms with Crippen molar-refractivity contribution in [3.63, 3.8) is 0 Å². The Morgan fingerprint density at radius 1 is 1.39 bits per heavy atom. The van der Waals surface area contributed by atoms with Crippen LogP contribution in [0.2, 0.25) is 0 Å². The van der Waals surface area contributed by atoms with E-state index in [1.807, 2.05) is 36.2 Å². The number of likely N-dealkylation sites (tertiary alicyclic amines) is 1. The van der Waals surface area contributed by atoms with Gasteiger partial charge in [-0.05, 0) is 31.2 Å². The quantitative estimate of drug-likeness (QED) is 0.860. The Kier molecular flexibility index (Phi) is 4.20. The van der Waals surface area contributed by atoms with Crippen LogP contribution in [0.3, 0.4) is 0 Å². The Hall–Kier alpha value is -1.55. The van der Waals surface area contributed by atoms with Crippen LogP contribution in [0.1, 0.15) is 24.4 Å². The van der Waals surface area contributed by atoms with Crippen LogP contribution >= 0.6 is 0 Å². The molecular weight excluding hydrogens is 228 g/mol. The van der Waals surface area contributed by atoms with Crippen molar-refractivity contribution >= 4 is 5.91 Å². The molecule has 1 atom stereocenters. The number of carbonyl (C=O) groups is 1. The van der Waals surface area contributed by atoms with Crippen LogP contribution in [0, 0.1) is 0 Å². The second kappa shape index (κ2) is 5.87. The number of likely N-dealkylation sites (N-methyl/N-ethyl adjacent to an activating group) is 1. The number of nitrogens with one attached hydrogen (secondary N) is 1. The number of nitrogens with zero attached hydrogens (tertiary/aromatic N) is 1. The first-order valence-electron chi connectivity index (χ1n) is 6.33. The minimum Gasteiger partial charge on any atom is -0.497 e. The first-order valence-corrected chi connectivity index (χ1v) is 6.33. The molecule has 0 aromatic heterocycles. The van der Waals surface area contributed by atoms with E-state index in [1.165, 1.54) is 5.56 Å². The molecule has 1 saturated heterocycles. The van der Waals surface area contributed by atoms with Gasteiger partial charge in [-0.15, -0.1) is 0 Å². The smallest absolute Gasteiger partial charge is 0.222 e. The van der Waals surface area contributed by atoms with Crippen molar-refractivity contribution in [3.05, 3.63) is 29.8 Å². The van der Waals surface area contributed by atoms with Gasteiger partial charge in [0.2, 0.25) is 5.91 Å². The van der Waals surface area contributed by atoms with Crippen LogP contribution in [0.25, 0.3) is 0 Å². The fourth-order valence-electron chi connectivity index (χ4n) is 2.32. The van der Waals surface area contributed by atoms with Crippen LogP contribution in [0.15, 0.2) is 24.3 Å². The van der Waals surface area contributed by atoms with E-state index in [9.17, 15) is 4.79 Å². The molecule has 98 valence electrons. The third kappa shape index (κ3) is 2.82. The standard InChI is InChI=1S/C14H20N2O2/c1-15-13(10-16-9-3-4-14(16)17)11-5-7-12(18-2)8-6-11/h5-8,13,15H,3-4,9-10H2,1-2H3. The first-order chi connectivity index (χ1) is 8.74. The monoisotopic (exact) mass is 248 g/mol. The van der Waals surface area contributed by atoms with Gasteiger partial charge < -0.3 is 15.0 Å². The maximum absolute atomic E-state index is 11.6. The summed E-state index contributed by atoms with van der Waals surface area (Å²) in [6.45, 7) is 1.62. The summed E-state index contributed by atoms with van der Waals surface area (Å²) in [5.74, 6) is 1.12. The fourth-order valence-corrected chi connectivity index (χ4v) is 2.32. The topological polar surface area (TPSA) is 41.6 Å². The van der Waals surface area contributed by atoms with Gasteiger partial charge in [-0.3, -0.25) is 4.79 Å². The lowest BCUT2D eigenvalue weighted by Gasteiger charge is -2.23. The SMILES string of the molecule is CNC(CN1CCCC1=O)c1ccc(OC)cc1. The van der Waals surface area contributed by atoms with Gasteiger partial charge in [-0.25, -0.2) is 0 Å². The van der Waals surface area contributed by atoms with Crippen LogP contribution in [-0.4, -0.2) is 38.1 Å². The van der Waals surface area contributed by atoms with Crippen LogP contribution in [-0.2, 0) is 4.79 Å². The molecule has 1 aromatic rings. The van der Waals surface area contributed by atoms with E-state index in [-0.39, 0.29) is 11.9 Å². The predicted molar refractivity (Wildman–Crippen MR) is 70.6 cm³/mol. The highest BCUT2D eigenvalue weighted by molar-refractivity contribution is 5.78. The summed E-state index contributed by atoms with van der Waals surface area (Å²) in [5, 5.41) is 3.27. The molecule has 0 spiro atoms. The lowest BCUT2D eigenvalue weighted by molar-refractivity contribution is -0.128. The Balaban J connectivity index is 2.04. The summed E-state index contributed by atoms with van der Waals surface area (Å²) in [6, 6.07) is 8.16. The summed E-state index contributed by atoms with van der Waals surface area (Å²) in [7, 11) is 3.59. The van der Waals surface area contributed by atoms with E-state index in [2.05, 4.69) is 5.32 Å². The zero-order valence-corrected chi connectivity index (χ0v) is 11.0. The van der Waals surface area contributed by atoms with Gasteiger partial charge >= 0.3 is 0 Å². The summed E-state index contributed by atoms with van der Waals surface area (Å²) < 4.78 is 5.15. The summed E-state index contributed by atoms with van der Waals surface area (Å²) >= 11 is 0. The second-order valence-electron chi connectivity index (χ2n) is 4.56. The number of amides is 1. The van der Waals surface area contributed by atoms with Crippen molar-refractivity contribution in [2.24, 2.45) is 0 Å². The Morgan fingerprint density at radius 2 is 2.11 bits per heavy atom. The number of rotatable bonds is 5. The van der Waals surface area contributed by atoms with Crippen molar-refractivity contribution < 1.29 is 9.53 Å². The Labute approximate surface area is 108 Å². The maximum atomic E-state index is 11.6. The van der Waals surface area contributed by atoms with E-state index in [1.54, 1.807) is 7.11 Å². The predicted octanol–water partition coefficient (Wildman–Crippen LogP) is 1.58. The third-order valence-electron chi connectivity index (χ3n) is 3.44. The van der Waals surface area contributed by atoms with Crippen LogP contribution in [0.5, 0.6) is 5.75 Å². The summed E-state index contributed by atoms with van der Waals surface area (Å²) in [6.07, 6.45) is 1.68. The lowest BCUT2D eigenvalue weighted by atomic mass is 10.1. The molecule has 0 bridgehead atoms. The number of carbonyl (C=O) groups excluding carboxylic acids is 1. The number of methoxy groups -OCH3 is 1. The molecule has 1 N–H and O–H groups in total. The molecule has 1 unspecified atom stereocenters. The second-order valence-corrected chi connectivity index (χ2v) is 4.56. The molecule has 1 aliphatic heterocycles. The van der Waals surface area contributed by atoms with Crippen LogP contribution < -0.4 is 10.1 Å². The normalized spacial score (nSPS) is 17.0. The molecular formula is C14H20N2O2. The third-order valence-corrected chi connectivity index (χ3v) is 3.44. The van der Waals surface area contributed by atoms with Gasteiger partial charge in [0, 0.05) is 25.6 Å². The van der Waals surface area contributed by atoms with Crippen molar-refractivity contribution in [1.29, 1.82) is 0 Å². The minimum absolute atomic E-state index is 0.179. The van der Waals surface area contributed by atoms with Gasteiger partial charge in [-0.1, -0.05) is 12.1 Å². The van der Waals surface area contributed by atoms with E-state index in [4.69, 9.17) is 4.74 Å². The summed E-state index contributed by atoms with van der Waals surface area (Å²) in [4.78, 5) is 13.6. The molecule has 0 aliphatic carbocycles. The molecule has 2 rings (SSSR count).